The molecule has 0 unspecified atom stereocenters. The van der Waals surface area contributed by atoms with E-state index in [9.17, 15) is 0 Å². The largest absolute Gasteiger partial charge is 0.354 e. The molecule has 1 aliphatic heterocycles. The number of nitrogens with zero attached hydrogens (tertiary/aromatic N) is 1. The number of rotatable bonds is 1. The lowest BCUT2D eigenvalue weighted by Gasteiger charge is -2.08. The van der Waals surface area contributed by atoms with Crippen molar-refractivity contribution < 1.29 is 0 Å². The lowest BCUT2D eigenvalue weighted by Crippen LogP contribution is -2.26. The quantitative estimate of drug-likeness (QED) is 0.705. The number of hydrogen-bond acceptors (Lipinski definition) is 3. The molecule has 3 nitrogen and oxygen atoms in total. The molecule has 0 aromatic heterocycles. The van der Waals surface area contributed by atoms with E-state index >= 15 is 0 Å². The minimum absolute atomic E-state index is 0.868. The lowest BCUT2D eigenvalue weighted by molar-refractivity contribution is 0.959. The maximum absolute atomic E-state index is 4.28. The van der Waals surface area contributed by atoms with E-state index in [0.29, 0.717) is 0 Å². The van der Waals surface area contributed by atoms with E-state index in [2.05, 4.69) is 47.7 Å². The summed E-state index contributed by atoms with van der Waals surface area (Å²) >= 11 is 0. The molecular weight excluding hydrogens is 174 g/mol. The Labute approximate surface area is 84.2 Å². The highest BCUT2D eigenvalue weighted by Crippen LogP contribution is 2.13. The van der Waals surface area contributed by atoms with Crippen LogP contribution in [0.4, 0.5) is 5.69 Å². The summed E-state index contributed by atoms with van der Waals surface area (Å²) in [5, 5.41) is 6.44. The summed E-state index contributed by atoms with van der Waals surface area (Å²) in [5.74, 6) is 0.884. The Morgan fingerprint density at radius 3 is 2.50 bits per heavy atom. The van der Waals surface area contributed by atoms with Gasteiger partial charge in [0, 0.05) is 12.2 Å². The van der Waals surface area contributed by atoms with Crippen LogP contribution in [0.3, 0.4) is 0 Å². The third-order valence-corrected chi connectivity index (χ3v) is 2.16. The Morgan fingerprint density at radius 1 is 1.21 bits per heavy atom. The zero-order valence-corrected chi connectivity index (χ0v) is 8.59. The Kier molecular flexibility index (Phi) is 2.39. The lowest BCUT2D eigenvalue weighted by atomic mass is 10.1. The number of aryl methyl sites for hydroxylation is 2. The van der Waals surface area contributed by atoms with Crippen molar-refractivity contribution in [1.82, 2.24) is 5.32 Å². The normalized spacial score (nSPS) is 14.9. The van der Waals surface area contributed by atoms with E-state index in [-0.39, 0.29) is 0 Å². The summed E-state index contributed by atoms with van der Waals surface area (Å²) in [6.45, 7) is 6.00. The number of guanidine groups is 1. The highest BCUT2D eigenvalue weighted by Gasteiger charge is 2.04. The summed E-state index contributed by atoms with van der Waals surface area (Å²) < 4.78 is 0. The van der Waals surface area contributed by atoms with E-state index in [1.165, 1.54) is 11.1 Å². The smallest absolute Gasteiger partial charge is 0.195 e. The molecule has 2 rings (SSSR count). The molecule has 1 aliphatic rings. The van der Waals surface area contributed by atoms with Gasteiger partial charge in [0.25, 0.3) is 0 Å². The molecule has 0 atom stereocenters. The van der Waals surface area contributed by atoms with E-state index in [0.717, 1.165) is 24.7 Å². The fraction of sp³-hybridized carbons (Fsp3) is 0.364. The molecule has 0 saturated heterocycles. The van der Waals surface area contributed by atoms with Crippen molar-refractivity contribution in [3.8, 4) is 0 Å². The van der Waals surface area contributed by atoms with E-state index < -0.39 is 0 Å². The van der Waals surface area contributed by atoms with Gasteiger partial charge in [-0.3, -0.25) is 4.99 Å². The van der Waals surface area contributed by atoms with Gasteiger partial charge < -0.3 is 10.6 Å². The fourth-order valence-electron chi connectivity index (χ4n) is 1.67. The molecular formula is C11H15N3. The van der Waals surface area contributed by atoms with Crippen molar-refractivity contribution in [2.45, 2.75) is 13.8 Å². The van der Waals surface area contributed by atoms with Crippen molar-refractivity contribution in [2.75, 3.05) is 18.4 Å². The molecule has 0 bridgehead atoms. The molecule has 1 heterocycles. The number of nitrogens with one attached hydrogen (secondary N) is 2. The standard InChI is InChI=1S/C11H15N3/c1-8-5-9(2)7-10(6-8)14-11-12-3-4-13-11/h5-7H,3-4H2,1-2H3,(H2,12,13,14). The second-order valence-corrected chi connectivity index (χ2v) is 3.66. The van der Waals surface area contributed by atoms with Gasteiger partial charge in [0.1, 0.15) is 0 Å². The molecule has 74 valence electrons. The minimum Gasteiger partial charge on any atom is -0.354 e. The maximum atomic E-state index is 4.28. The monoisotopic (exact) mass is 189 g/mol. The molecule has 0 radical (unpaired) electrons. The zero-order valence-electron chi connectivity index (χ0n) is 8.59. The van der Waals surface area contributed by atoms with Crippen LogP contribution >= 0.6 is 0 Å². The van der Waals surface area contributed by atoms with E-state index in [1.807, 2.05) is 0 Å². The van der Waals surface area contributed by atoms with Crippen LogP contribution in [0.15, 0.2) is 23.2 Å². The minimum atomic E-state index is 0.868. The van der Waals surface area contributed by atoms with Gasteiger partial charge in [-0.25, -0.2) is 0 Å². The van der Waals surface area contributed by atoms with Gasteiger partial charge in [0.2, 0.25) is 0 Å². The summed E-state index contributed by atoms with van der Waals surface area (Å²) in [7, 11) is 0. The first-order chi connectivity index (χ1) is 6.74. The molecule has 1 aromatic carbocycles. The third-order valence-electron chi connectivity index (χ3n) is 2.16. The predicted octanol–water partition coefficient (Wildman–Crippen LogP) is 1.67. The Bertz CT molecular complexity index is 349. The average molecular weight is 189 g/mol. The van der Waals surface area contributed by atoms with Gasteiger partial charge in [-0.15, -0.1) is 0 Å². The summed E-state index contributed by atoms with van der Waals surface area (Å²) in [6.07, 6.45) is 0. The molecule has 0 aliphatic carbocycles. The zero-order chi connectivity index (χ0) is 9.97. The van der Waals surface area contributed by atoms with Crippen molar-refractivity contribution in [3.63, 3.8) is 0 Å². The molecule has 14 heavy (non-hydrogen) atoms. The summed E-state index contributed by atoms with van der Waals surface area (Å²) in [4.78, 5) is 4.28. The maximum Gasteiger partial charge on any atom is 0.195 e. The van der Waals surface area contributed by atoms with Crippen molar-refractivity contribution in [3.05, 3.63) is 29.3 Å². The van der Waals surface area contributed by atoms with Gasteiger partial charge in [-0.05, 0) is 37.1 Å². The van der Waals surface area contributed by atoms with Crippen molar-refractivity contribution in [1.29, 1.82) is 0 Å². The number of aliphatic imine (C=N–C) groups is 1. The molecule has 0 fully saturated rings. The summed E-state index contributed by atoms with van der Waals surface area (Å²) in [5.41, 5.74) is 3.65. The van der Waals surface area contributed by atoms with Crippen LogP contribution in [0, 0.1) is 13.8 Å². The first-order valence-corrected chi connectivity index (χ1v) is 4.88. The Hall–Kier alpha value is -1.51. The van der Waals surface area contributed by atoms with Crippen LogP contribution in [0.5, 0.6) is 0 Å². The average Bonchev–Trinajstić information content (AvgIpc) is 2.54. The molecule has 2 N–H and O–H groups in total. The molecule has 3 heteroatoms. The topological polar surface area (TPSA) is 36.4 Å². The van der Waals surface area contributed by atoms with Crippen LogP contribution in [-0.2, 0) is 0 Å². The molecule has 0 saturated carbocycles. The van der Waals surface area contributed by atoms with Gasteiger partial charge in [-0.2, -0.15) is 0 Å². The highest BCUT2D eigenvalue weighted by atomic mass is 15.2. The number of hydrogen-bond donors (Lipinski definition) is 2. The Morgan fingerprint density at radius 2 is 1.93 bits per heavy atom. The SMILES string of the molecule is Cc1cc(C)cc(NC2=NCCN2)c1. The van der Waals surface area contributed by atoms with Crippen LogP contribution in [-0.4, -0.2) is 19.0 Å². The van der Waals surface area contributed by atoms with E-state index in [1.54, 1.807) is 0 Å². The third kappa shape index (κ3) is 2.05. The molecule has 1 aromatic rings. The van der Waals surface area contributed by atoms with Crippen LogP contribution in [0.25, 0.3) is 0 Å². The van der Waals surface area contributed by atoms with Crippen LogP contribution in [0.2, 0.25) is 0 Å². The van der Waals surface area contributed by atoms with Crippen LogP contribution < -0.4 is 10.6 Å². The second-order valence-electron chi connectivity index (χ2n) is 3.66. The molecule has 0 amide bonds. The number of anilines is 1. The first-order valence-electron chi connectivity index (χ1n) is 4.88. The summed E-state index contributed by atoms with van der Waals surface area (Å²) in [6, 6.07) is 6.40. The number of benzene rings is 1. The predicted molar refractivity (Wildman–Crippen MR) is 59.8 cm³/mol. The van der Waals surface area contributed by atoms with E-state index in [4.69, 9.17) is 0 Å². The first kappa shape index (κ1) is 9.06. The van der Waals surface area contributed by atoms with Gasteiger partial charge in [-0.1, -0.05) is 6.07 Å². The van der Waals surface area contributed by atoms with Gasteiger partial charge >= 0.3 is 0 Å². The van der Waals surface area contributed by atoms with Gasteiger partial charge in [0.05, 0.1) is 6.54 Å². The Balaban J connectivity index is 2.15. The fourth-order valence-corrected chi connectivity index (χ4v) is 1.67. The van der Waals surface area contributed by atoms with Crippen molar-refractivity contribution >= 4 is 11.6 Å². The van der Waals surface area contributed by atoms with Crippen LogP contribution in [0.1, 0.15) is 11.1 Å². The van der Waals surface area contributed by atoms with Crippen molar-refractivity contribution in [2.24, 2.45) is 4.99 Å². The highest BCUT2D eigenvalue weighted by molar-refractivity contribution is 5.94. The second kappa shape index (κ2) is 3.70. The van der Waals surface area contributed by atoms with Gasteiger partial charge in [0.15, 0.2) is 5.96 Å². The molecule has 0 spiro atoms.